The number of benzene rings is 1. The van der Waals surface area contributed by atoms with E-state index in [1.165, 1.54) is 0 Å². The molecule has 2 aromatic heterocycles. The third-order valence-corrected chi connectivity index (χ3v) is 6.54. The van der Waals surface area contributed by atoms with Crippen molar-refractivity contribution in [1.82, 2.24) is 19.4 Å². The first-order valence-electron chi connectivity index (χ1n) is 10.6. The van der Waals surface area contributed by atoms with Crippen molar-refractivity contribution in [3.63, 3.8) is 0 Å². The molecular formula is C22H29N5O3S. The molecule has 4 rings (SSSR count). The summed E-state index contributed by atoms with van der Waals surface area (Å²) in [7, 11) is 3.92. The molecule has 1 N–H and O–H groups in total. The molecule has 1 aliphatic heterocycles. The third kappa shape index (κ3) is 5.23. The summed E-state index contributed by atoms with van der Waals surface area (Å²) < 4.78 is 6.95. The number of likely N-dealkylation sites (tertiary alicyclic amines) is 1. The smallest absolute Gasteiger partial charge is 0.408 e. The standard InChI is InChI=1S/C22H29N5O3S/c1-15-23-18(14-31-15)13-26-8-6-16(7-9-26)21(28)24-17-4-5-20-19(12-17)27(22(29)30-20)11-10-25(2)3/h4-5,12,14,16H,6-11,13H2,1-3H3,(H,24,28). The second kappa shape index (κ2) is 9.33. The number of oxazole rings is 1. The van der Waals surface area contributed by atoms with Crippen LogP contribution in [-0.4, -0.2) is 59.0 Å². The van der Waals surface area contributed by atoms with Gasteiger partial charge < -0.3 is 14.6 Å². The van der Waals surface area contributed by atoms with E-state index in [1.807, 2.05) is 32.0 Å². The first-order valence-corrected chi connectivity index (χ1v) is 11.5. The van der Waals surface area contributed by atoms with Crippen LogP contribution in [0, 0.1) is 12.8 Å². The van der Waals surface area contributed by atoms with Gasteiger partial charge in [0.2, 0.25) is 5.91 Å². The summed E-state index contributed by atoms with van der Waals surface area (Å²) >= 11 is 1.67. The van der Waals surface area contributed by atoms with Gasteiger partial charge in [0.15, 0.2) is 5.58 Å². The number of thiazole rings is 1. The molecule has 0 saturated carbocycles. The van der Waals surface area contributed by atoms with Crippen LogP contribution in [0.3, 0.4) is 0 Å². The minimum absolute atomic E-state index is 0.00981. The second-order valence-electron chi connectivity index (χ2n) is 8.40. The van der Waals surface area contributed by atoms with Gasteiger partial charge in [0, 0.05) is 36.6 Å². The molecule has 0 aliphatic carbocycles. The lowest BCUT2D eigenvalue weighted by Gasteiger charge is -2.30. The molecule has 1 saturated heterocycles. The summed E-state index contributed by atoms with van der Waals surface area (Å²) in [4.78, 5) is 33.9. The van der Waals surface area contributed by atoms with Crippen LogP contribution in [0.2, 0.25) is 0 Å². The van der Waals surface area contributed by atoms with Crippen molar-refractivity contribution in [3.05, 3.63) is 44.8 Å². The molecule has 3 heterocycles. The maximum absolute atomic E-state index is 12.8. The molecular weight excluding hydrogens is 414 g/mol. The van der Waals surface area contributed by atoms with E-state index in [-0.39, 0.29) is 17.6 Å². The number of piperidine rings is 1. The quantitative estimate of drug-likeness (QED) is 0.605. The van der Waals surface area contributed by atoms with Gasteiger partial charge in [-0.3, -0.25) is 14.3 Å². The summed E-state index contributed by atoms with van der Waals surface area (Å²) in [6.45, 7) is 5.91. The van der Waals surface area contributed by atoms with Crippen LogP contribution in [0.25, 0.3) is 11.1 Å². The van der Waals surface area contributed by atoms with E-state index in [4.69, 9.17) is 4.42 Å². The minimum atomic E-state index is -0.372. The monoisotopic (exact) mass is 443 g/mol. The summed E-state index contributed by atoms with van der Waals surface area (Å²) in [6.07, 6.45) is 1.66. The number of aromatic nitrogens is 2. The highest BCUT2D eigenvalue weighted by Gasteiger charge is 2.25. The van der Waals surface area contributed by atoms with Crippen molar-refractivity contribution in [2.24, 2.45) is 5.92 Å². The molecule has 0 atom stereocenters. The van der Waals surface area contributed by atoms with E-state index in [9.17, 15) is 9.59 Å². The Labute approximate surface area is 185 Å². The van der Waals surface area contributed by atoms with Crippen molar-refractivity contribution in [2.45, 2.75) is 32.9 Å². The zero-order valence-corrected chi connectivity index (χ0v) is 19.1. The first kappa shape index (κ1) is 21.7. The Balaban J connectivity index is 1.37. The van der Waals surface area contributed by atoms with E-state index in [2.05, 4.69) is 20.6 Å². The maximum Gasteiger partial charge on any atom is 0.419 e. The fourth-order valence-electron chi connectivity index (χ4n) is 3.96. The largest absolute Gasteiger partial charge is 0.419 e. The highest BCUT2D eigenvalue weighted by atomic mass is 32.1. The van der Waals surface area contributed by atoms with Crippen LogP contribution >= 0.6 is 11.3 Å². The molecule has 8 nitrogen and oxygen atoms in total. The molecule has 9 heteroatoms. The van der Waals surface area contributed by atoms with Gasteiger partial charge in [0.1, 0.15) is 0 Å². The van der Waals surface area contributed by atoms with E-state index in [1.54, 1.807) is 28.0 Å². The van der Waals surface area contributed by atoms with Gasteiger partial charge in [-0.15, -0.1) is 11.3 Å². The molecule has 0 bridgehead atoms. The Morgan fingerprint density at radius 1 is 1.32 bits per heavy atom. The number of carbonyl (C=O) groups is 1. The summed E-state index contributed by atoms with van der Waals surface area (Å²) in [5.74, 6) is -0.346. The maximum atomic E-state index is 12.8. The van der Waals surface area contributed by atoms with Crippen LogP contribution in [-0.2, 0) is 17.9 Å². The average Bonchev–Trinajstić information content (AvgIpc) is 3.28. The third-order valence-electron chi connectivity index (χ3n) is 5.72. The molecule has 1 aromatic carbocycles. The van der Waals surface area contributed by atoms with Gasteiger partial charge in [0.05, 0.1) is 16.2 Å². The van der Waals surface area contributed by atoms with Crippen molar-refractivity contribution in [3.8, 4) is 0 Å². The summed E-state index contributed by atoms with van der Waals surface area (Å²) in [5.41, 5.74) is 3.04. The number of rotatable bonds is 7. The number of hydrogen-bond acceptors (Lipinski definition) is 7. The van der Waals surface area contributed by atoms with Gasteiger partial charge >= 0.3 is 5.76 Å². The fourth-order valence-corrected chi connectivity index (χ4v) is 4.56. The van der Waals surface area contributed by atoms with Crippen molar-refractivity contribution in [1.29, 1.82) is 0 Å². The van der Waals surface area contributed by atoms with Crippen LogP contribution in [0.5, 0.6) is 0 Å². The van der Waals surface area contributed by atoms with Crippen molar-refractivity contribution in [2.75, 3.05) is 39.0 Å². The molecule has 1 aliphatic rings. The Morgan fingerprint density at radius 2 is 2.10 bits per heavy atom. The molecule has 0 unspecified atom stereocenters. The second-order valence-corrected chi connectivity index (χ2v) is 9.47. The molecule has 1 amide bonds. The summed E-state index contributed by atoms with van der Waals surface area (Å²) in [5, 5.41) is 6.24. The predicted molar refractivity (Wildman–Crippen MR) is 123 cm³/mol. The number of amides is 1. The number of fused-ring (bicyclic) bond motifs is 1. The van der Waals surface area contributed by atoms with E-state index in [0.29, 0.717) is 23.3 Å². The zero-order valence-electron chi connectivity index (χ0n) is 18.3. The number of anilines is 1. The Morgan fingerprint density at radius 3 is 2.77 bits per heavy atom. The number of aryl methyl sites for hydroxylation is 1. The predicted octanol–water partition coefficient (Wildman–Crippen LogP) is 2.77. The van der Waals surface area contributed by atoms with Gasteiger partial charge in [-0.1, -0.05) is 0 Å². The van der Waals surface area contributed by atoms with Crippen LogP contribution < -0.4 is 11.1 Å². The molecule has 3 aromatic rings. The zero-order chi connectivity index (χ0) is 22.0. The normalized spacial score (nSPS) is 15.7. The van der Waals surface area contributed by atoms with Crippen LogP contribution in [0.4, 0.5) is 5.69 Å². The number of hydrogen-bond donors (Lipinski definition) is 1. The molecule has 1 fully saturated rings. The van der Waals surface area contributed by atoms with Gasteiger partial charge in [0.25, 0.3) is 0 Å². The van der Waals surface area contributed by atoms with Gasteiger partial charge in [-0.05, 0) is 65.1 Å². The molecule has 0 radical (unpaired) electrons. The van der Waals surface area contributed by atoms with E-state index >= 15 is 0 Å². The molecule has 166 valence electrons. The van der Waals surface area contributed by atoms with Crippen LogP contribution in [0.15, 0.2) is 32.8 Å². The SMILES string of the molecule is Cc1nc(CN2CCC(C(=O)Nc3ccc4oc(=O)n(CCN(C)C)c4c3)CC2)cs1. The number of likely N-dealkylation sites (N-methyl/N-ethyl adjacent to an activating group) is 1. The number of nitrogens with zero attached hydrogens (tertiary/aromatic N) is 4. The Hall–Kier alpha value is -2.49. The average molecular weight is 444 g/mol. The first-order chi connectivity index (χ1) is 14.9. The lowest BCUT2D eigenvalue weighted by atomic mass is 9.95. The van der Waals surface area contributed by atoms with Crippen LogP contribution in [0.1, 0.15) is 23.5 Å². The van der Waals surface area contributed by atoms with E-state index < -0.39 is 0 Å². The van der Waals surface area contributed by atoms with Gasteiger partial charge in [-0.25, -0.2) is 9.78 Å². The topological polar surface area (TPSA) is 83.6 Å². The molecule has 0 spiro atoms. The number of nitrogens with one attached hydrogen (secondary N) is 1. The number of carbonyl (C=O) groups excluding carboxylic acids is 1. The fraction of sp³-hybridized carbons (Fsp3) is 0.500. The highest BCUT2D eigenvalue weighted by Crippen LogP contribution is 2.23. The van der Waals surface area contributed by atoms with E-state index in [0.717, 1.165) is 49.7 Å². The Bertz CT molecular complexity index is 1110. The minimum Gasteiger partial charge on any atom is -0.408 e. The summed E-state index contributed by atoms with van der Waals surface area (Å²) in [6, 6.07) is 5.36. The molecule has 31 heavy (non-hydrogen) atoms. The van der Waals surface area contributed by atoms with Crippen molar-refractivity contribution >= 4 is 34.0 Å². The van der Waals surface area contributed by atoms with Gasteiger partial charge in [-0.2, -0.15) is 0 Å². The van der Waals surface area contributed by atoms with Crippen molar-refractivity contribution < 1.29 is 9.21 Å². The highest BCUT2D eigenvalue weighted by molar-refractivity contribution is 7.09. The lowest BCUT2D eigenvalue weighted by Crippen LogP contribution is -2.37. The lowest BCUT2D eigenvalue weighted by molar-refractivity contribution is -0.121. The Kier molecular flexibility index (Phi) is 6.54.